The maximum absolute atomic E-state index is 13.1. The van der Waals surface area contributed by atoms with E-state index in [1.165, 1.54) is 30.3 Å². The normalized spacial score (nSPS) is 11.0. The number of anilines is 1. The number of nitrogens with one attached hydrogen (secondary N) is 2. The fraction of sp³-hybridized carbons (Fsp3) is 0.188. The number of benzene rings is 2. The predicted octanol–water partition coefficient (Wildman–Crippen LogP) is 1.98. The number of carbonyl (C=O) groups excluding carboxylic acids is 1. The van der Waals surface area contributed by atoms with Crippen LogP contribution >= 0.6 is 0 Å². The van der Waals surface area contributed by atoms with Crippen LogP contribution in [0.2, 0.25) is 0 Å². The van der Waals surface area contributed by atoms with E-state index in [1.807, 2.05) is 0 Å². The maximum Gasteiger partial charge on any atom is 0.293 e. The summed E-state index contributed by atoms with van der Waals surface area (Å²) in [4.78, 5) is 22.1. The summed E-state index contributed by atoms with van der Waals surface area (Å²) >= 11 is 0. The predicted molar refractivity (Wildman–Crippen MR) is 93.4 cm³/mol. The molecule has 0 saturated carbocycles. The van der Waals surface area contributed by atoms with Gasteiger partial charge in [-0.25, -0.2) is 12.8 Å². The Balaban J connectivity index is 1.99. The lowest BCUT2D eigenvalue weighted by molar-refractivity contribution is -0.384. The van der Waals surface area contributed by atoms with Gasteiger partial charge in [0.2, 0.25) is 0 Å². The zero-order chi connectivity index (χ0) is 19.3. The van der Waals surface area contributed by atoms with Crippen molar-refractivity contribution in [2.45, 2.75) is 4.90 Å². The third kappa shape index (κ3) is 4.99. The highest BCUT2D eigenvalue weighted by atomic mass is 32.2. The molecule has 0 atom stereocenters. The highest BCUT2D eigenvalue weighted by molar-refractivity contribution is 7.90. The minimum Gasteiger partial charge on any atom is -0.378 e. The van der Waals surface area contributed by atoms with Gasteiger partial charge in [0.25, 0.3) is 11.6 Å². The van der Waals surface area contributed by atoms with Crippen molar-refractivity contribution < 1.29 is 22.5 Å². The third-order valence-electron chi connectivity index (χ3n) is 3.41. The molecule has 2 aromatic carbocycles. The van der Waals surface area contributed by atoms with Crippen molar-refractivity contribution in [1.29, 1.82) is 0 Å². The zero-order valence-corrected chi connectivity index (χ0v) is 14.5. The van der Waals surface area contributed by atoms with Crippen LogP contribution in [0.25, 0.3) is 0 Å². The van der Waals surface area contributed by atoms with Crippen molar-refractivity contribution in [3.8, 4) is 0 Å². The van der Waals surface area contributed by atoms with E-state index in [9.17, 15) is 27.7 Å². The van der Waals surface area contributed by atoms with Gasteiger partial charge in [0, 0.05) is 31.0 Å². The van der Waals surface area contributed by atoms with Crippen LogP contribution in [0.1, 0.15) is 10.4 Å². The first kappa shape index (κ1) is 19.3. The lowest BCUT2D eigenvalue weighted by Crippen LogP contribution is -2.28. The van der Waals surface area contributed by atoms with Crippen LogP contribution in [0.3, 0.4) is 0 Å². The van der Waals surface area contributed by atoms with Crippen molar-refractivity contribution in [2.24, 2.45) is 0 Å². The number of nitro groups is 1. The highest BCUT2D eigenvalue weighted by Gasteiger charge is 2.18. The summed E-state index contributed by atoms with van der Waals surface area (Å²) in [5, 5.41) is 16.4. The van der Waals surface area contributed by atoms with Crippen molar-refractivity contribution in [3.05, 3.63) is 64.0 Å². The Morgan fingerprint density at radius 1 is 1.19 bits per heavy atom. The molecule has 0 fully saturated rings. The number of hydrogen-bond acceptors (Lipinski definition) is 6. The number of sulfone groups is 1. The molecule has 0 heterocycles. The molecule has 0 bridgehead atoms. The summed E-state index contributed by atoms with van der Waals surface area (Å²) < 4.78 is 36.1. The summed E-state index contributed by atoms with van der Waals surface area (Å²) in [6.45, 7) is 0.278. The van der Waals surface area contributed by atoms with Gasteiger partial charge in [-0.3, -0.25) is 14.9 Å². The van der Waals surface area contributed by atoms with Gasteiger partial charge in [-0.2, -0.15) is 0 Å². The summed E-state index contributed by atoms with van der Waals surface area (Å²) in [6.07, 6.45) is 0.959. The molecule has 8 nitrogen and oxygen atoms in total. The monoisotopic (exact) mass is 381 g/mol. The fourth-order valence-electron chi connectivity index (χ4n) is 2.15. The van der Waals surface area contributed by atoms with E-state index in [4.69, 9.17) is 0 Å². The number of carbonyl (C=O) groups is 1. The number of hydrogen-bond donors (Lipinski definition) is 2. The largest absolute Gasteiger partial charge is 0.378 e. The summed E-state index contributed by atoms with van der Waals surface area (Å²) in [5.74, 6) is -1.01. The first-order chi connectivity index (χ1) is 12.2. The standard InChI is InChI=1S/C16H16FN3O5S/c1-26(24,25)13-5-6-14(15(10-13)20(22)23)18-7-8-19-16(21)11-3-2-4-12(17)9-11/h2-6,9-10,18H,7-8H2,1H3,(H,19,21). The van der Waals surface area contributed by atoms with Gasteiger partial charge in [0.05, 0.1) is 9.82 Å². The van der Waals surface area contributed by atoms with Gasteiger partial charge in [0.15, 0.2) is 9.84 Å². The smallest absolute Gasteiger partial charge is 0.293 e. The van der Waals surface area contributed by atoms with E-state index >= 15 is 0 Å². The van der Waals surface area contributed by atoms with Gasteiger partial charge in [-0.15, -0.1) is 0 Å². The van der Waals surface area contributed by atoms with Crippen LogP contribution in [-0.4, -0.2) is 38.6 Å². The summed E-state index contributed by atoms with van der Waals surface area (Å²) in [6, 6.07) is 8.72. The Kier molecular flexibility index (Phi) is 5.88. The first-order valence-electron chi connectivity index (χ1n) is 7.44. The van der Waals surface area contributed by atoms with Gasteiger partial charge in [-0.1, -0.05) is 6.07 Å². The molecule has 10 heteroatoms. The number of nitrogens with zero attached hydrogens (tertiary/aromatic N) is 1. The third-order valence-corrected chi connectivity index (χ3v) is 4.52. The first-order valence-corrected chi connectivity index (χ1v) is 9.34. The quantitative estimate of drug-likeness (QED) is 0.430. The van der Waals surface area contributed by atoms with Crippen LogP contribution < -0.4 is 10.6 Å². The number of amides is 1. The molecule has 0 aliphatic carbocycles. The average Bonchev–Trinajstić information content (AvgIpc) is 2.57. The molecule has 0 radical (unpaired) electrons. The molecular weight excluding hydrogens is 365 g/mol. The van der Waals surface area contributed by atoms with Gasteiger partial charge in [-0.05, 0) is 30.3 Å². The lowest BCUT2D eigenvalue weighted by atomic mass is 10.2. The van der Waals surface area contributed by atoms with Crippen LogP contribution in [0.5, 0.6) is 0 Å². The van der Waals surface area contributed by atoms with Crippen molar-refractivity contribution in [1.82, 2.24) is 5.32 Å². The average molecular weight is 381 g/mol. The van der Waals surface area contributed by atoms with E-state index in [2.05, 4.69) is 10.6 Å². The Labute approximate surface area is 149 Å². The minimum atomic E-state index is -3.57. The van der Waals surface area contributed by atoms with Gasteiger partial charge < -0.3 is 10.6 Å². The molecule has 0 spiro atoms. The molecule has 2 aromatic rings. The molecule has 2 rings (SSSR count). The topological polar surface area (TPSA) is 118 Å². The number of rotatable bonds is 7. The molecule has 0 aliphatic rings. The maximum atomic E-state index is 13.1. The van der Waals surface area contributed by atoms with Crippen LogP contribution in [0.4, 0.5) is 15.8 Å². The number of nitro benzene ring substituents is 1. The molecule has 0 saturated heterocycles. The molecule has 2 N–H and O–H groups in total. The van der Waals surface area contributed by atoms with Crippen molar-refractivity contribution in [3.63, 3.8) is 0 Å². The van der Waals surface area contributed by atoms with Crippen LogP contribution in [0.15, 0.2) is 47.4 Å². The Morgan fingerprint density at radius 3 is 2.54 bits per heavy atom. The van der Waals surface area contributed by atoms with Crippen molar-refractivity contribution >= 4 is 27.1 Å². The van der Waals surface area contributed by atoms with E-state index in [0.29, 0.717) is 0 Å². The van der Waals surface area contributed by atoms with E-state index in [0.717, 1.165) is 18.4 Å². The second-order valence-corrected chi connectivity index (χ2v) is 7.42. The molecule has 0 aliphatic heterocycles. The van der Waals surface area contributed by atoms with Crippen LogP contribution in [0, 0.1) is 15.9 Å². The van der Waals surface area contributed by atoms with Crippen molar-refractivity contribution in [2.75, 3.05) is 24.7 Å². The lowest BCUT2D eigenvalue weighted by Gasteiger charge is -2.09. The number of halogens is 1. The van der Waals surface area contributed by atoms with Gasteiger partial charge >= 0.3 is 0 Å². The van der Waals surface area contributed by atoms with Crippen LogP contribution in [-0.2, 0) is 9.84 Å². The van der Waals surface area contributed by atoms with Gasteiger partial charge in [0.1, 0.15) is 11.5 Å². The molecule has 1 amide bonds. The Hall–Kier alpha value is -3.01. The second-order valence-electron chi connectivity index (χ2n) is 5.40. The molecule has 0 unspecified atom stereocenters. The summed E-state index contributed by atoms with van der Waals surface area (Å²) in [5.41, 5.74) is -0.0970. The van der Waals surface area contributed by atoms with E-state index < -0.39 is 26.5 Å². The molecular formula is C16H16FN3O5S. The Bertz CT molecular complexity index is 947. The molecule has 0 aromatic heterocycles. The minimum absolute atomic E-state index is 0.125. The Morgan fingerprint density at radius 2 is 1.92 bits per heavy atom. The van der Waals surface area contributed by atoms with E-state index in [1.54, 1.807) is 0 Å². The second kappa shape index (κ2) is 7.91. The molecule has 138 valence electrons. The fourth-order valence-corrected chi connectivity index (χ4v) is 2.79. The summed E-state index contributed by atoms with van der Waals surface area (Å²) in [7, 11) is -3.57. The zero-order valence-electron chi connectivity index (χ0n) is 13.7. The molecule has 26 heavy (non-hydrogen) atoms. The van der Waals surface area contributed by atoms with E-state index in [-0.39, 0.29) is 34.9 Å². The highest BCUT2D eigenvalue weighted by Crippen LogP contribution is 2.27. The SMILES string of the molecule is CS(=O)(=O)c1ccc(NCCNC(=O)c2cccc(F)c2)c([N+](=O)[O-])c1.